The maximum Gasteiger partial charge on any atom is 0.288 e. The molecule has 0 fully saturated rings. The summed E-state index contributed by atoms with van der Waals surface area (Å²) in [6.45, 7) is 5.01. The van der Waals surface area contributed by atoms with Gasteiger partial charge >= 0.3 is 0 Å². The number of nitrogens with one attached hydrogen (secondary N) is 1. The Morgan fingerprint density at radius 3 is 2.65 bits per heavy atom. The molecule has 1 atom stereocenters. The van der Waals surface area contributed by atoms with Crippen molar-refractivity contribution < 1.29 is 4.92 Å². The van der Waals surface area contributed by atoms with Crippen molar-refractivity contribution in [1.29, 1.82) is 0 Å². The lowest BCUT2D eigenvalue weighted by atomic mass is 10.0. The Morgan fingerprint density at radius 1 is 1.30 bits per heavy atom. The van der Waals surface area contributed by atoms with Gasteiger partial charge in [0.15, 0.2) is 0 Å². The predicted octanol–water partition coefficient (Wildman–Crippen LogP) is 4.70. The molecule has 0 spiro atoms. The molecule has 20 heavy (non-hydrogen) atoms. The molecule has 0 amide bonds. The van der Waals surface area contributed by atoms with Crippen molar-refractivity contribution in [2.75, 3.05) is 0 Å². The van der Waals surface area contributed by atoms with Crippen LogP contribution in [0.15, 0.2) is 18.2 Å². The van der Waals surface area contributed by atoms with Gasteiger partial charge in [0.2, 0.25) is 0 Å². The lowest BCUT2D eigenvalue weighted by Gasteiger charge is -2.17. The Morgan fingerprint density at radius 2 is 2.05 bits per heavy atom. The van der Waals surface area contributed by atoms with Crippen molar-refractivity contribution in [3.05, 3.63) is 38.9 Å². The molecule has 0 saturated carbocycles. The highest BCUT2D eigenvalue weighted by molar-refractivity contribution is 6.32. The van der Waals surface area contributed by atoms with Crippen LogP contribution >= 0.6 is 11.6 Å². The maximum absolute atomic E-state index is 10.9. The van der Waals surface area contributed by atoms with E-state index in [1.54, 1.807) is 12.1 Å². The number of halogens is 1. The van der Waals surface area contributed by atoms with Crippen molar-refractivity contribution in [3.63, 3.8) is 0 Å². The van der Waals surface area contributed by atoms with Crippen LogP contribution < -0.4 is 5.32 Å². The van der Waals surface area contributed by atoms with Crippen LogP contribution in [0.4, 0.5) is 5.69 Å². The van der Waals surface area contributed by atoms with E-state index in [-0.39, 0.29) is 10.7 Å². The molecule has 0 bridgehead atoms. The Balaban J connectivity index is 2.62. The summed E-state index contributed by atoms with van der Waals surface area (Å²) in [5, 5.41) is 14.5. The van der Waals surface area contributed by atoms with E-state index in [1.807, 2.05) is 6.07 Å². The molecule has 0 heterocycles. The van der Waals surface area contributed by atoms with E-state index in [4.69, 9.17) is 11.6 Å². The third-order valence-corrected chi connectivity index (χ3v) is 3.66. The topological polar surface area (TPSA) is 55.2 Å². The van der Waals surface area contributed by atoms with Gasteiger partial charge in [-0.2, -0.15) is 0 Å². The molecule has 0 aliphatic rings. The summed E-state index contributed by atoms with van der Waals surface area (Å²) >= 11 is 5.81. The highest BCUT2D eigenvalue weighted by Gasteiger charge is 2.13. The van der Waals surface area contributed by atoms with Crippen LogP contribution in [0, 0.1) is 10.1 Å². The molecule has 0 radical (unpaired) electrons. The van der Waals surface area contributed by atoms with Crippen LogP contribution in [-0.4, -0.2) is 11.0 Å². The molecule has 112 valence electrons. The van der Waals surface area contributed by atoms with Crippen LogP contribution in [0.1, 0.15) is 51.5 Å². The standard InChI is InChI=1S/C15H23ClN2O2/c1-3-5-7-13(6-4-2)17-11-12-8-9-14(16)15(10-12)18(19)20/h8-10,13,17H,3-7,11H2,1-2H3. The van der Waals surface area contributed by atoms with Gasteiger partial charge in [-0.05, 0) is 24.5 Å². The lowest BCUT2D eigenvalue weighted by Crippen LogP contribution is -2.28. The number of rotatable bonds is 9. The second-order valence-corrected chi connectivity index (χ2v) is 5.46. The first-order chi connectivity index (χ1) is 9.58. The fourth-order valence-electron chi connectivity index (χ4n) is 2.22. The average molecular weight is 299 g/mol. The van der Waals surface area contributed by atoms with E-state index in [2.05, 4.69) is 19.2 Å². The zero-order valence-corrected chi connectivity index (χ0v) is 12.9. The molecule has 1 unspecified atom stereocenters. The predicted molar refractivity (Wildman–Crippen MR) is 83.2 cm³/mol. The van der Waals surface area contributed by atoms with Crippen molar-refractivity contribution in [2.45, 2.75) is 58.5 Å². The molecule has 1 rings (SSSR count). The van der Waals surface area contributed by atoms with Crippen LogP contribution in [0.5, 0.6) is 0 Å². The van der Waals surface area contributed by atoms with Crippen molar-refractivity contribution in [3.8, 4) is 0 Å². The summed E-state index contributed by atoms with van der Waals surface area (Å²) in [6, 6.07) is 5.47. The summed E-state index contributed by atoms with van der Waals surface area (Å²) in [4.78, 5) is 10.4. The maximum atomic E-state index is 10.9. The van der Waals surface area contributed by atoms with Crippen LogP contribution in [0.2, 0.25) is 5.02 Å². The van der Waals surface area contributed by atoms with Crippen molar-refractivity contribution >= 4 is 17.3 Å². The zero-order valence-electron chi connectivity index (χ0n) is 12.2. The molecule has 1 N–H and O–H groups in total. The van der Waals surface area contributed by atoms with E-state index in [1.165, 1.54) is 12.8 Å². The number of benzene rings is 1. The van der Waals surface area contributed by atoms with E-state index < -0.39 is 4.92 Å². The molecule has 5 heteroatoms. The van der Waals surface area contributed by atoms with Crippen LogP contribution in [0.3, 0.4) is 0 Å². The summed E-state index contributed by atoms with van der Waals surface area (Å²) in [7, 11) is 0. The number of hydrogen-bond donors (Lipinski definition) is 1. The molecule has 0 saturated heterocycles. The molecule has 0 aromatic heterocycles. The Labute approximate surface area is 125 Å². The van der Waals surface area contributed by atoms with E-state index in [9.17, 15) is 10.1 Å². The van der Waals surface area contributed by atoms with Crippen LogP contribution in [0.25, 0.3) is 0 Å². The van der Waals surface area contributed by atoms with Crippen LogP contribution in [-0.2, 0) is 6.54 Å². The van der Waals surface area contributed by atoms with Gasteiger partial charge in [-0.15, -0.1) is 0 Å². The average Bonchev–Trinajstić information content (AvgIpc) is 2.43. The van der Waals surface area contributed by atoms with Gasteiger partial charge < -0.3 is 5.32 Å². The number of nitro benzene ring substituents is 1. The smallest absolute Gasteiger partial charge is 0.288 e. The SMILES string of the molecule is CCCCC(CCC)NCc1ccc(Cl)c([N+](=O)[O-])c1. The molecular weight excluding hydrogens is 276 g/mol. The summed E-state index contributed by atoms with van der Waals surface area (Å²) in [5.41, 5.74) is 0.880. The zero-order chi connectivity index (χ0) is 15.0. The molecular formula is C15H23ClN2O2. The van der Waals surface area contributed by atoms with E-state index >= 15 is 0 Å². The Kier molecular flexibility index (Phi) is 7.55. The fourth-order valence-corrected chi connectivity index (χ4v) is 2.40. The molecule has 1 aromatic rings. The highest BCUT2D eigenvalue weighted by atomic mass is 35.5. The van der Waals surface area contributed by atoms with Gasteiger partial charge in [-0.3, -0.25) is 10.1 Å². The molecule has 1 aromatic carbocycles. The van der Waals surface area contributed by atoms with Gasteiger partial charge in [-0.1, -0.05) is 50.8 Å². The Bertz CT molecular complexity index is 438. The summed E-state index contributed by atoms with van der Waals surface area (Å²) in [6.07, 6.45) is 5.82. The van der Waals surface area contributed by atoms with Gasteiger partial charge in [0.25, 0.3) is 5.69 Å². The van der Waals surface area contributed by atoms with Gasteiger partial charge in [-0.25, -0.2) is 0 Å². The number of unbranched alkanes of at least 4 members (excludes halogenated alkanes) is 1. The normalized spacial score (nSPS) is 12.3. The third kappa shape index (κ3) is 5.47. The first kappa shape index (κ1) is 16.9. The monoisotopic (exact) mass is 298 g/mol. The lowest BCUT2D eigenvalue weighted by molar-refractivity contribution is -0.384. The first-order valence-corrected chi connectivity index (χ1v) is 7.62. The number of nitrogens with zero attached hydrogens (tertiary/aromatic N) is 1. The van der Waals surface area contributed by atoms with Crippen molar-refractivity contribution in [2.24, 2.45) is 0 Å². The summed E-state index contributed by atoms with van der Waals surface area (Å²) in [5.74, 6) is 0. The summed E-state index contributed by atoms with van der Waals surface area (Å²) < 4.78 is 0. The molecule has 4 nitrogen and oxygen atoms in total. The minimum atomic E-state index is -0.438. The highest BCUT2D eigenvalue weighted by Crippen LogP contribution is 2.25. The second-order valence-electron chi connectivity index (χ2n) is 5.05. The van der Waals surface area contributed by atoms with Crippen molar-refractivity contribution in [1.82, 2.24) is 5.32 Å². The largest absolute Gasteiger partial charge is 0.310 e. The third-order valence-electron chi connectivity index (χ3n) is 3.35. The van der Waals surface area contributed by atoms with Gasteiger partial charge in [0, 0.05) is 18.7 Å². The second kappa shape index (κ2) is 8.93. The number of hydrogen-bond acceptors (Lipinski definition) is 3. The Hall–Kier alpha value is -1.13. The van der Waals surface area contributed by atoms with Gasteiger partial charge in [0.05, 0.1) is 4.92 Å². The number of nitro groups is 1. The molecule has 0 aliphatic carbocycles. The first-order valence-electron chi connectivity index (χ1n) is 7.24. The molecule has 0 aliphatic heterocycles. The minimum absolute atomic E-state index is 0.0217. The van der Waals surface area contributed by atoms with E-state index in [0.717, 1.165) is 24.8 Å². The fraction of sp³-hybridized carbons (Fsp3) is 0.600. The van der Waals surface area contributed by atoms with Gasteiger partial charge in [0.1, 0.15) is 5.02 Å². The quantitative estimate of drug-likeness (QED) is 0.531. The minimum Gasteiger partial charge on any atom is -0.310 e. The van der Waals surface area contributed by atoms with E-state index in [0.29, 0.717) is 12.6 Å².